The molecular formula is C29H31N3O12S. The van der Waals surface area contributed by atoms with Crippen LogP contribution in [0.5, 0.6) is 23.0 Å². The topological polar surface area (TPSA) is 204 Å². The highest BCUT2D eigenvalue weighted by Crippen LogP contribution is 2.35. The number of benzene rings is 3. The highest BCUT2D eigenvalue weighted by atomic mass is 32.2. The second kappa shape index (κ2) is 14.2. The number of amides is 1. The number of nitro benzene ring substituents is 1. The lowest BCUT2D eigenvalue weighted by atomic mass is 10.0. The van der Waals surface area contributed by atoms with Crippen LogP contribution in [0.3, 0.4) is 0 Å². The Morgan fingerprint density at radius 3 is 2.16 bits per heavy atom. The Hall–Kier alpha value is -4.93. The standard InChI is InChI=1S/C29H31N3O12S/c1-18(2)15-31(45(39,40)23-11-12-26-27(14-23)42-17-41-26)16-25(33)24(30-28(34)35)13-19-3-7-21(8-4-19)43-29(36)44-22-9-5-20(6-10-22)32(37)38/h3-12,14,18,24-25,30,33H,13,15-17H2,1-2H3,(H,34,35). The van der Waals surface area contributed by atoms with E-state index in [1.807, 2.05) is 13.8 Å². The monoisotopic (exact) mass is 645 g/mol. The van der Waals surface area contributed by atoms with Crippen molar-refractivity contribution in [1.82, 2.24) is 9.62 Å². The molecule has 3 N–H and O–H groups in total. The van der Waals surface area contributed by atoms with Crippen molar-refractivity contribution in [2.24, 2.45) is 5.92 Å². The van der Waals surface area contributed by atoms with E-state index in [-0.39, 0.29) is 53.5 Å². The lowest BCUT2D eigenvalue weighted by Crippen LogP contribution is -2.50. The van der Waals surface area contributed by atoms with Crippen LogP contribution in [0.25, 0.3) is 0 Å². The van der Waals surface area contributed by atoms with Crippen molar-refractivity contribution in [3.05, 3.63) is 82.4 Å². The van der Waals surface area contributed by atoms with E-state index >= 15 is 0 Å². The van der Waals surface area contributed by atoms with Gasteiger partial charge in [0.1, 0.15) is 11.5 Å². The maximum atomic E-state index is 13.6. The van der Waals surface area contributed by atoms with E-state index in [2.05, 4.69) is 5.32 Å². The number of nitro groups is 1. The zero-order valence-corrected chi connectivity index (χ0v) is 25.0. The van der Waals surface area contributed by atoms with Crippen LogP contribution in [0.1, 0.15) is 19.4 Å². The van der Waals surface area contributed by atoms with Crippen molar-refractivity contribution in [3.63, 3.8) is 0 Å². The van der Waals surface area contributed by atoms with Gasteiger partial charge in [-0.1, -0.05) is 26.0 Å². The molecule has 45 heavy (non-hydrogen) atoms. The van der Waals surface area contributed by atoms with E-state index < -0.39 is 45.9 Å². The fourth-order valence-electron chi connectivity index (χ4n) is 4.44. The van der Waals surface area contributed by atoms with Crippen LogP contribution in [-0.2, 0) is 16.4 Å². The lowest BCUT2D eigenvalue weighted by molar-refractivity contribution is -0.384. The molecule has 15 nitrogen and oxygen atoms in total. The number of hydrogen-bond donors (Lipinski definition) is 3. The summed E-state index contributed by atoms with van der Waals surface area (Å²) in [4.78, 5) is 33.8. The minimum atomic E-state index is -4.12. The van der Waals surface area contributed by atoms with E-state index in [1.54, 1.807) is 0 Å². The zero-order chi connectivity index (χ0) is 32.7. The second-order valence-electron chi connectivity index (χ2n) is 10.4. The van der Waals surface area contributed by atoms with E-state index in [0.29, 0.717) is 11.3 Å². The number of aliphatic hydroxyl groups is 1. The third-order valence-corrected chi connectivity index (χ3v) is 8.37. The number of nitrogens with zero attached hydrogens (tertiary/aromatic N) is 2. The van der Waals surface area contributed by atoms with Crippen LogP contribution < -0.4 is 24.3 Å². The molecule has 0 aromatic heterocycles. The lowest BCUT2D eigenvalue weighted by Gasteiger charge is -2.30. The van der Waals surface area contributed by atoms with E-state index in [0.717, 1.165) is 4.31 Å². The number of carbonyl (C=O) groups is 2. The van der Waals surface area contributed by atoms with Gasteiger partial charge in [-0.2, -0.15) is 4.31 Å². The minimum Gasteiger partial charge on any atom is -0.465 e. The van der Waals surface area contributed by atoms with Crippen molar-refractivity contribution < 1.29 is 52.1 Å². The van der Waals surface area contributed by atoms with Gasteiger partial charge in [-0.25, -0.2) is 18.0 Å². The van der Waals surface area contributed by atoms with E-state index in [4.69, 9.17) is 18.9 Å². The number of fused-ring (bicyclic) bond motifs is 1. The van der Waals surface area contributed by atoms with Gasteiger partial charge >= 0.3 is 12.2 Å². The molecule has 2 atom stereocenters. The molecule has 0 aliphatic carbocycles. The van der Waals surface area contributed by atoms with Crippen molar-refractivity contribution in [1.29, 1.82) is 0 Å². The fraction of sp³-hybridized carbons (Fsp3) is 0.310. The number of carbonyl (C=O) groups excluding carboxylic acids is 1. The highest BCUT2D eigenvalue weighted by molar-refractivity contribution is 7.89. The highest BCUT2D eigenvalue weighted by Gasteiger charge is 2.32. The van der Waals surface area contributed by atoms with Crippen LogP contribution in [0.15, 0.2) is 71.6 Å². The molecule has 1 amide bonds. The van der Waals surface area contributed by atoms with Gasteiger partial charge in [-0.15, -0.1) is 0 Å². The van der Waals surface area contributed by atoms with Gasteiger partial charge in [0.25, 0.3) is 5.69 Å². The van der Waals surface area contributed by atoms with Crippen LogP contribution in [0.4, 0.5) is 15.3 Å². The van der Waals surface area contributed by atoms with Crippen LogP contribution >= 0.6 is 0 Å². The first-order valence-electron chi connectivity index (χ1n) is 13.6. The van der Waals surface area contributed by atoms with E-state index in [9.17, 15) is 38.3 Å². The maximum absolute atomic E-state index is 13.6. The summed E-state index contributed by atoms with van der Waals surface area (Å²) < 4.78 is 49.0. The van der Waals surface area contributed by atoms with Gasteiger partial charge < -0.3 is 34.5 Å². The van der Waals surface area contributed by atoms with Gasteiger partial charge in [0, 0.05) is 31.3 Å². The summed E-state index contributed by atoms with van der Waals surface area (Å²) in [6, 6.07) is 13.8. The summed E-state index contributed by atoms with van der Waals surface area (Å²) in [6.45, 7) is 3.24. The number of sulfonamides is 1. The van der Waals surface area contributed by atoms with Gasteiger partial charge in [-0.05, 0) is 54.3 Å². The molecular weight excluding hydrogens is 614 g/mol. The number of carboxylic acid groups (broad SMARTS) is 1. The van der Waals surface area contributed by atoms with Gasteiger partial charge in [0.2, 0.25) is 16.8 Å². The summed E-state index contributed by atoms with van der Waals surface area (Å²) in [6.07, 6.45) is -3.98. The summed E-state index contributed by atoms with van der Waals surface area (Å²) in [5.41, 5.74) is 0.365. The molecule has 16 heteroatoms. The number of rotatable bonds is 13. The summed E-state index contributed by atoms with van der Waals surface area (Å²) in [5, 5.41) is 33.6. The van der Waals surface area contributed by atoms with E-state index in [1.165, 1.54) is 66.7 Å². The second-order valence-corrected chi connectivity index (χ2v) is 12.3. The Morgan fingerprint density at radius 2 is 1.58 bits per heavy atom. The molecule has 0 spiro atoms. The molecule has 4 rings (SSSR count). The largest absolute Gasteiger partial charge is 0.519 e. The third kappa shape index (κ3) is 8.81. The predicted octanol–water partition coefficient (Wildman–Crippen LogP) is 3.79. The molecule has 1 heterocycles. The first kappa shape index (κ1) is 33.0. The molecule has 0 fully saturated rings. The quantitative estimate of drug-likeness (QED) is 0.105. The summed E-state index contributed by atoms with van der Waals surface area (Å²) in [7, 11) is -4.12. The molecule has 2 unspecified atom stereocenters. The number of nitrogens with one attached hydrogen (secondary N) is 1. The predicted molar refractivity (Wildman–Crippen MR) is 157 cm³/mol. The SMILES string of the molecule is CC(C)CN(CC(O)C(Cc1ccc(OC(=O)Oc2ccc([N+](=O)[O-])cc2)cc1)NC(=O)O)S(=O)(=O)c1ccc2c(c1)OCO2. The molecule has 0 bridgehead atoms. The Bertz CT molecular complexity index is 1630. The molecule has 3 aromatic rings. The first-order valence-corrected chi connectivity index (χ1v) is 15.1. The Balaban J connectivity index is 1.43. The molecule has 0 saturated heterocycles. The Labute approximate surface area is 258 Å². The van der Waals surface area contributed by atoms with Gasteiger partial charge in [0.15, 0.2) is 11.5 Å². The smallest absolute Gasteiger partial charge is 0.465 e. The zero-order valence-electron chi connectivity index (χ0n) is 24.2. The van der Waals surface area contributed by atoms with Crippen LogP contribution in [-0.4, -0.2) is 72.1 Å². The summed E-state index contributed by atoms with van der Waals surface area (Å²) >= 11 is 0. The van der Waals surface area contributed by atoms with Crippen molar-refractivity contribution in [2.75, 3.05) is 19.9 Å². The van der Waals surface area contributed by atoms with Crippen molar-refractivity contribution >= 4 is 28.0 Å². The Kier molecular flexibility index (Phi) is 10.4. The maximum Gasteiger partial charge on any atom is 0.519 e. The third-order valence-electron chi connectivity index (χ3n) is 6.54. The molecule has 1 aliphatic rings. The molecule has 0 saturated carbocycles. The average molecular weight is 646 g/mol. The molecule has 0 radical (unpaired) electrons. The van der Waals surface area contributed by atoms with Crippen LogP contribution in [0.2, 0.25) is 0 Å². The minimum absolute atomic E-state index is 0.0272. The number of aliphatic hydroxyl groups excluding tert-OH is 1. The van der Waals surface area contributed by atoms with Crippen molar-refractivity contribution in [3.8, 4) is 23.0 Å². The van der Waals surface area contributed by atoms with Gasteiger partial charge in [0.05, 0.1) is 22.0 Å². The molecule has 1 aliphatic heterocycles. The number of hydrogen-bond acceptors (Lipinski definition) is 11. The first-order chi connectivity index (χ1) is 21.3. The Morgan fingerprint density at radius 1 is 0.978 bits per heavy atom. The summed E-state index contributed by atoms with van der Waals surface area (Å²) in [5.74, 6) is 0.690. The molecule has 3 aromatic carbocycles. The normalized spacial score (nSPS) is 13.7. The van der Waals surface area contributed by atoms with Crippen LogP contribution in [0, 0.1) is 16.0 Å². The average Bonchev–Trinajstić information content (AvgIpc) is 3.45. The fourth-order valence-corrected chi connectivity index (χ4v) is 6.08. The number of non-ortho nitro benzene ring substituents is 1. The molecule has 240 valence electrons. The van der Waals surface area contributed by atoms with Crippen molar-refractivity contribution in [2.45, 2.75) is 37.3 Å². The van der Waals surface area contributed by atoms with Gasteiger partial charge in [-0.3, -0.25) is 10.1 Å². The number of ether oxygens (including phenoxy) is 4.